The van der Waals surface area contributed by atoms with Crippen molar-refractivity contribution in [3.8, 4) is 0 Å². The van der Waals surface area contributed by atoms with Gasteiger partial charge in [-0.1, -0.05) is 37.3 Å². The molecule has 0 fully saturated rings. The van der Waals surface area contributed by atoms with Crippen LogP contribution in [0.2, 0.25) is 0 Å². The summed E-state index contributed by atoms with van der Waals surface area (Å²) in [5.74, 6) is 0.926. The van der Waals surface area contributed by atoms with Crippen LogP contribution in [0.15, 0.2) is 35.3 Å². The molecule has 0 amide bonds. The van der Waals surface area contributed by atoms with Gasteiger partial charge in [0.1, 0.15) is 0 Å². The van der Waals surface area contributed by atoms with E-state index in [1.165, 1.54) is 5.56 Å². The second-order valence-corrected chi connectivity index (χ2v) is 5.17. The molecule has 0 saturated heterocycles. The summed E-state index contributed by atoms with van der Waals surface area (Å²) in [5.41, 5.74) is 1.38. The molecule has 0 spiro atoms. The fourth-order valence-electron chi connectivity index (χ4n) is 1.98. The van der Waals surface area contributed by atoms with Crippen molar-refractivity contribution in [1.29, 1.82) is 0 Å². The zero-order valence-electron chi connectivity index (χ0n) is 13.7. The second kappa shape index (κ2) is 11.1. The van der Waals surface area contributed by atoms with Crippen molar-refractivity contribution < 1.29 is 0 Å². The summed E-state index contributed by atoms with van der Waals surface area (Å²) in [6.45, 7) is 9.05. The predicted molar refractivity (Wildman–Crippen MR) is 91.9 cm³/mol. The van der Waals surface area contributed by atoms with Crippen molar-refractivity contribution >= 4 is 5.96 Å². The van der Waals surface area contributed by atoms with Crippen molar-refractivity contribution in [1.82, 2.24) is 15.5 Å². The third-order valence-electron chi connectivity index (χ3n) is 3.41. The fourth-order valence-corrected chi connectivity index (χ4v) is 1.98. The Morgan fingerprint density at radius 3 is 2.57 bits per heavy atom. The lowest BCUT2D eigenvalue weighted by molar-refractivity contribution is 0.357. The van der Waals surface area contributed by atoms with Crippen LogP contribution < -0.4 is 10.6 Å². The van der Waals surface area contributed by atoms with Gasteiger partial charge in [-0.3, -0.25) is 4.99 Å². The number of aliphatic imine (C=N–C) groups is 1. The second-order valence-electron chi connectivity index (χ2n) is 5.17. The standard InChI is InChI=1S/C17H30N4/c1-4-18-17(20-14-15-21(3)5-2)19-13-9-12-16-10-7-6-8-11-16/h6-8,10-11H,4-5,9,12-15H2,1-3H3,(H2,18,19,20). The number of rotatable bonds is 9. The molecular weight excluding hydrogens is 260 g/mol. The van der Waals surface area contributed by atoms with Gasteiger partial charge in [-0.25, -0.2) is 0 Å². The molecule has 118 valence electrons. The maximum Gasteiger partial charge on any atom is 0.191 e. The minimum absolute atomic E-state index is 0.855. The number of guanidine groups is 1. The fraction of sp³-hybridized carbons (Fsp3) is 0.588. The summed E-state index contributed by atoms with van der Waals surface area (Å²) < 4.78 is 0. The maximum atomic E-state index is 4.63. The maximum absolute atomic E-state index is 4.63. The third kappa shape index (κ3) is 8.35. The van der Waals surface area contributed by atoms with Crippen LogP contribution in [0.25, 0.3) is 0 Å². The molecule has 0 aliphatic heterocycles. The van der Waals surface area contributed by atoms with Crippen molar-refractivity contribution in [3.63, 3.8) is 0 Å². The summed E-state index contributed by atoms with van der Waals surface area (Å²) in [7, 11) is 2.13. The van der Waals surface area contributed by atoms with Crippen LogP contribution in [-0.4, -0.2) is 50.6 Å². The van der Waals surface area contributed by atoms with E-state index in [0.29, 0.717) is 0 Å². The number of aryl methyl sites for hydroxylation is 1. The highest BCUT2D eigenvalue weighted by Crippen LogP contribution is 2.02. The zero-order valence-corrected chi connectivity index (χ0v) is 13.7. The van der Waals surface area contributed by atoms with Crippen molar-refractivity contribution in [2.75, 3.05) is 39.8 Å². The van der Waals surface area contributed by atoms with Gasteiger partial charge in [-0.2, -0.15) is 0 Å². The summed E-state index contributed by atoms with van der Waals surface area (Å²) in [6.07, 6.45) is 2.16. The van der Waals surface area contributed by atoms with Gasteiger partial charge in [0.2, 0.25) is 0 Å². The quantitative estimate of drug-likeness (QED) is 0.416. The Kier molecular flexibility index (Phi) is 9.29. The molecule has 1 rings (SSSR count). The highest BCUT2D eigenvalue weighted by Gasteiger charge is 1.98. The van der Waals surface area contributed by atoms with Crippen LogP contribution in [0.5, 0.6) is 0 Å². The van der Waals surface area contributed by atoms with Crippen LogP contribution >= 0.6 is 0 Å². The van der Waals surface area contributed by atoms with E-state index in [1.807, 2.05) is 0 Å². The topological polar surface area (TPSA) is 39.7 Å². The van der Waals surface area contributed by atoms with E-state index in [-0.39, 0.29) is 0 Å². The van der Waals surface area contributed by atoms with Crippen molar-refractivity contribution in [3.05, 3.63) is 35.9 Å². The molecule has 0 unspecified atom stereocenters. The number of hydrogen-bond donors (Lipinski definition) is 2. The van der Waals surface area contributed by atoms with Crippen LogP contribution in [0.1, 0.15) is 25.8 Å². The smallest absolute Gasteiger partial charge is 0.191 e. The SMILES string of the molecule is CCNC(=NCCCc1ccccc1)NCCN(C)CC. The molecule has 0 aliphatic rings. The largest absolute Gasteiger partial charge is 0.357 e. The first-order valence-electron chi connectivity index (χ1n) is 8.01. The molecule has 2 N–H and O–H groups in total. The van der Waals surface area contributed by atoms with E-state index in [0.717, 1.165) is 51.5 Å². The van der Waals surface area contributed by atoms with E-state index in [9.17, 15) is 0 Å². The molecule has 0 radical (unpaired) electrons. The van der Waals surface area contributed by atoms with Crippen molar-refractivity contribution in [2.45, 2.75) is 26.7 Å². The van der Waals surface area contributed by atoms with E-state index in [1.54, 1.807) is 0 Å². The predicted octanol–water partition coefficient (Wildman–Crippen LogP) is 2.13. The molecule has 4 nitrogen and oxygen atoms in total. The number of nitrogens with zero attached hydrogens (tertiary/aromatic N) is 2. The highest BCUT2D eigenvalue weighted by molar-refractivity contribution is 5.79. The monoisotopic (exact) mass is 290 g/mol. The average Bonchev–Trinajstić information content (AvgIpc) is 2.52. The Labute approximate surface area is 129 Å². The van der Waals surface area contributed by atoms with Crippen LogP contribution in [0, 0.1) is 0 Å². The van der Waals surface area contributed by atoms with E-state index in [4.69, 9.17) is 0 Å². The van der Waals surface area contributed by atoms with Gasteiger partial charge < -0.3 is 15.5 Å². The van der Waals surface area contributed by atoms with E-state index >= 15 is 0 Å². The van der Waals surface area contributed by atoms with Gasteiger partial charge >= 0.3 is 0 Å². The first kappa shape index (κ1) is 17.5. The van der Waals surface area contributed by atoms with Gasteiger partial charge in [0, 0.05) is 26.2 Å². The molecule has 0 heterocycles. The summed E-state index contributed by atoms with van der Waals surface area (Å²) in [4.78, 5) is 6.91. The van der Waals surface area contributed by atoms with Gasteiger partial charge in [-0.05, 0) is 38.9 Å². The highest BCUT2D eigenvalue weighted by atomic mass is 15.2. The molecular formula is C17H30N4. The lowest BCUT2D eigenvalue weighted by atomic mass is 10.1. The number of benzene rings is 1. The minimum atomic E-state index is 0.855. The molecule has 0 atom stereocenters. The molecule has 0 aliphatic carbocycles. The molecule has 1 aromatic carbocycles. The summed E-state index contributed by atoms with van der Waals surface area (Å²) in [5, 5.41) is 6.68. The van der Waals surface area contributed by atoms with E-state index < -0.39 is 0 Å². The normalized spacial score (nSPS) is 11.7. The Hall–Kier alpha value is -1.55. The third-order valence-corrected chi connectivity index (χ3v) is 3.41. The van der Waals surface area contributed by atoms with Crippen LogP contribution in [0.4, 0.5) is 0 Å². The Morgan fingerprint density at radius 1 is 1.14 bits per heavy atom. The van der Waals surface area contributed by atoms with Crippen LogP contribution in [-0.2, 0) is 6.42 Å². The average molecular weight is 290 g/mol. The Morgan fingerprint density at radius 2 is 1.90 bits per heavy atom. The zero-order chi connectivity index (χ0) is 15.3. The van der Waals surface area contributed by atoms with Crippen molar-refractivity contribution in [2.24, 2.45) is 4.99 Å². The molecule has 0 bridgehead atoms. The molecule has 21 heavy (non-hydrogen) atoms. The Balaban J connectivity index is 2.27. The molecule has 0 aromatic heterocycles. The van der Waals surface area contributed by atoms with Gasteiger partial charge in [0.15, 0.2) is 5.96 Å². The minimum Gasteiger partial charge on any atom is -0.357 e. The molecule has 0 saturated carbocycles. The number of likely N-dealkylation sites (N-methyl/N-ethyl adjacent to an activating group) is 1. The number of hydrogen-bond acceptors (Lipinski definition) is 2. The first-order chi connectivity index (χ1) is 10.3. The Bertz CT molecular complexity index is 389. The van der Waals surface area contributed by atoms with Gasteiger partial charge in [0.25, 0.3) is 0 Å². The van der Waals surface area contributed by atoms with Gasteiger partial charge in [-0.15, -0.1) is 0 Å². The summed E-state index contributed by atoms with van der Waals surface area (Å²) >= 11 is 0. The summed E-state index contributed by atoms with van der Waals surface area (Å²) in [6, 6.07) is 10.6. The first-order valence-corrected chi connectivity index (χ1v) is 8.01. The lowest BCUT2D eigenvalue weighted by Gasteiger charge is -2.16. The lowest BCUT2D eigenvalue weighted by Crippen LogP contribution is -2.41. The van der Waals surface area contributed by atoms with Gasteiger partial charge in [0.05, 0.1) is 0 Å². The molecule has 1 aromatic rings. The molecule has 4 heteroatoms. The number of nitrogens with one attached hydrogen (secondary N) is 2. The van der Waals surface area contributed by atoms with Crippen LogP contribution in [0.3, 0.4) is 0 Å². The van der Waals surface area contributed by atoms with E-state index in [2.05, 4.69) is 71.8 Å².